The lowest BCUT2D eigenvalue weighted by Crippen LogP contribution is -2.23. The van der Waals surface area contributed by atoms with E-state index in [2.05, 4.69) is 16.0 Å². The van der Waals surface area contributed by atoms with Crippen molar-refractivity contribution >= 4 is 38.2 Å². The average Bonchev–Trinajstić information content (AvgIpc) is 2.76. The van der Waals surface area contributed by atoms with E-state index in [1.165, 1.54) is 0 Å². The maximum absolute atomic E-state index is 6.12. The molecule has 0 bridgehead atoms. The lowest BCUT2D eigenvalue weighted by molar-refractivity contribution is 0.246. The van der Waals surface area contributed by atoms with Gasteiger partial charge in [-0.3, -0.25) is 4.98 Å². The summed E-state index contributed by atoms with van der Waals surface area (Å²) < 4.78 is 6.20. The highest BCUT2D eigenvalue weighted by Crippen LogP contribution is 2.35. The van der Waals surface area contributed by atoms with Crippen molar-refractivity contribution in [1.82, 2.24) is 4.98 Å². The Balaban J connectivity index is 2.08. The van der Waals surface area contributed by atoms with Crippen LogP contribution in [0.25, 0.3) is 10.2 Å². The highest BCUT2D eigenvalue weighted by Gasteiger charge is 2.12. The van der Waals surface area contributed by atoms with E-state index in [9.17, 15) is 0 Å². The molecule has 0 unspecified atom stereocenters. The maximum atomic E-state index is 6.12. The molecule has 0 N–H and O–H groups in total. The number of halogens is 1. The topological polar surface area (TPSA) is 25.4 Å². The zero-order valence-corrected chi connectivity index (χ0v) is 9.96. The first-order valence-electron chi connectivity index (χ1n) is 4.93. The average molecular weight is 253 g/mol. The Hall–Kier alpha value is -1.26. The molecule has 0 fully saturated rings. The molecule has 16 heavy (non-hydrogen) atoms. The van der Waals surface area contributed by atoms with Gasteiger partial charge in [0.25, 0.3) is 0 Å². The minimum atomic E-state index is 0.714. The second-order valence-corrected chi connectivity index (χ2v) is 4.88. The molecule has 1 aliphatic heterocycles. The number of pyridine rings is 1. The van der Waals surface area contributed by atoms with Crippen LogP contribution < -0.4 is 4.90 Å². The number of thiophene rings is 1. The molecule has 82 valence electrons. The first-order valence-corrected chi connectivity index (χ1v) is 6.13. The van der Waals surface area contributed by atoms with Crippen molar-refractivity contribution in [3.05, 3.63) is 35.8 Å². The lowest BCUT2D eigenvalue weighted by Gasteiger charge is -2.21. The summed E-state index contributed by atoms with van der Waals surface area (Å²) in [5.41, 5.74) is 0.951. The second-order valence-electron chi connectivity index (χ2n) is 3.44. The predicted octanol–water partition coefficient (Wildman–Crippen LogP) is 3.26. The molecule has 0 atom stereocenters. The van der Waals surface area contributed by atoms with Gasteiger partial charge in [-0.05, 0) is 12.1 Å². The van der Waals surface area contributed by atoms with Gasteiger partial charge in [0.1, 0.15) is 6.61 Å². The number of nitrogens with zero attached hydrogens (tertiary/aromatic N) is 2. The summed E-state index contributed by atoms with van der Waals surface area (Å²) in [6, 6.07) is 3.88. The van der Waals surface area contributed by atoms with Gasteiger partial charge in [-0.25, -0.2) is 0 Å². The van der Waals surface area contributed by atoms with Gasteiger partial charge in [-0.15, -0.1) is 11.3 Å². The zero-order valence-electron chi connectivity index (χ0n) is 8.39. The molecule has 0 aliphatic carbocycles. The minimum Gasteiger partial charge on any atom is -0.498 e. The number of fused-ring (bicyclic) bond motifs is 1. The Kier molecular flexibility index (Phi) is 2.46. The number of hydrogen-bond acceptors (Lipinski definition) is 4. The largest absolute Gasteiger partial charge is 0.498 e. The third-order valence-electron chi connectivity index (χ3n) is 2.42. The van der Waals surface area contributed by atoms with E-state index in [1.54, 1.807) is 23.8 Å². The van der Waals surface area contributed by atoms with Crippen molar-refractivity contribution in [2.75, 3.05) is 18.1 Å². The van der Waals surface area contributed by atoms with Gasteiger partial charge in [0.05, 0.1) is 33.0 Å². The second kappa shape index (κ2) is 3.96. The van der Waals surface area contributed by atoms with Crippen molar-refractivity contribution in [1.29, 1.82) is 0 Å². The molecule has 0 saturated carbocycles. The van der Waals surface area contributed by atoms with Crippen LogP contribution in [-0.2, 0) is 4.74 Å². The van der Waals surface area contributed by atoms with Crippen molar-refractivity contribution in [3.63, 3.8) is 0 Å². The predicted molar refractivity (Wildman–Crippen MR) is 67.1 cm³/mol. The van der Waals surface area contributed by atoms with E-state index in [0.717, 1.165) is 26.8 Å². The third-order valence-corrected chi connectivity index (χ3v) is 4.04. The summed E-state index contributed by atoms with van der Waals surface area (Å²) in [6.07, 6.45) is 5.38. The van der Waals surface area contributed by atoms with Crippen LogP contribution in [0.2, 0.25) is 5.02 Å². The zero-order chi connectivity index (χ0) is 11.0. The molecule has 5 heteroatoms. The van der Waals surface area contributed by atoms with Crippen LogP contribution in [0.1, 0.15) is 0 Å². The van der Waals surface area contributed by atoms with Gasteiger partial charge >= 0.3 is 0 Å². The van der Waals surface area contributed by atoms with E-state index < -0.39 is 0 Å². The Morgan fingerprint density at radius 2 is 2.44 bits per heavy atom. The van der Waals surface area contributed by atoms with E-state index in [0.29, 0.717) is 6.61 Å². The van der Waals surface area contributed by atoms with Crippen LogP contribution in [0.15, 0.2) is 30.8 Å². The molecule has 0 saturated heterocycles. The van der Waals surface area contributed by atoms with Crippen LogP contribution in [0, 0.1) is 0 Å². The summed E-state index contributed by atoms with van der Waals surface area (Å²) in [6.45, 7) is 1.58. The summed E-state index contributed by atoms with van der Waals surface area (Å²) >= 11 is 7.77. The van der Waals surface area contributed by atoms with Gasteiger partial charge in [0.15, 0.2) is 0 Å². The summed E-state index contributed by atoms with van der Waals surface area (Å²) in [4.78, 5) is 6.45. The third kappa shape index (κ3) is 1.64. The standard InChI is InChI=1S/C11H9ClN2OS/c12-8-1-2-13-9-7-10(16-11(8)9)14-3-5-15-6-4-14/h1-3,5,7H,4,6H2. The molecule has 3 rings (SSSR count). The number of ether oxygens (including phenoxy) is 1. The first-order chi connectivity index (χ1) is 7.84. The van der Waals surface area contributed by atoms with Crippen molar-refractivity contribution < 1.29 is 4.74 Å². The fourth-order valence-corrected chi connectivity index (χ4v) is 2.93. The maximum Gasteiger partial charge on any atom is 0.105 e. The smallest absolute Gasteiger partial charge is 0.105 e. The lowest BCUT2D eigenvalue weighted by atomic mass is 10.4. The Morgan fingerprint density at radius 1 is 1.50 bits per heavy atom. The number of anilines is 1. The monoisotopic (exact) mass is 252 g/mol. The van der Waals surface area contributed by atoms with Gasteiger partial charge in [0.2, 0.25) is 0 Å². The van der Waals surface area contributed by atoms with Gasteiger partial charge in [-0.2, -0.15) is 0 Å². The van der Waals surface area contributed by atoms with Gasteiger partial charge < -0.3 is 9.64 Å². The highest BCUT2D eigenvalue weighted by molar-refractivity contribution is 7.23. The van der Waals surface area contributed by atoms with Crippen LogP contribution in [-0.4, -0.2) is 18.1 Å². The van der Waals surface area contributed by atoms with Crippen molar-refractivity contribution in [2.45, 2.75) is 0 Å². The van der Waals surface area contributed by atoms with Crippen molar-refractivity contribution in [3.8, 4) is 0 Å². The molecule has 0 amide bonds. The van der Waals surface area contributed by atoms with Crippen LogP contribution in [0.5, 0.6) is 0 Å². The quantitative estimate of drug-likeness (QED) is 0.779. The molecule has 3 nitrogen and oxygen atoms in total. The molecule has 0 aromatic carbocycles. The molecule has 0 radical (unpaired) electrons. The number of hydrogen-bond donors (Lipinski definition) is 0. The number of rotatable bonds is 1. The van der Waals surface area contributed by atoms with Gasteiger partial charge in [-0.1, -0.05) is 11.6 Å². The Morgan fingerprint density at radius 3 is 3.19 bits per heavy atom. The van der Waals surface area contributed by atoms with E-state index in [4.69, 9.17) is 16.3 Å². The summed E-state index contributed by atoms with van der Waals surface area (Å²) in [5, 5.41) is 1.91. The summed E-state index contributed by atoms with van der Waals surface area (Å²) in [7, 11) is 0. The fourth-order valence-electron chi connectivity index (χ4n) is 1.63. The first kappa shape index (κ1) is 9.93. The molecular weight excluding hydrogens is 244 g/mol. The molecular formula is C11H9ClN2OS. The minimum absolute atomic E-state index is 0.714. The summed E-state index contributed by atoms with van der Waals surface area (Å²) in [5.74, 6) is 0. The van der Waals surface area contributed by atoms with E-state index in [-0.39, 0.29) is 0 Å². The number of aromatic nitrogens is 1. The SMILES string of the molecule is Clc1ccnc2cc(N3C=COCC3)sc12. The molecule has 2 aromatic rings. The Labute approximate surface area is 102 Å². The molecule has 2 aromatic heterocycles. The van der Waals surface area contributed by atoms with Crippen LogP contribution in [0.4, 0.5) is 5.00 Å². The van der Waals surface area contributed by atoms with Gasteiger partial charge in [0, 0.05) is 12.4 Å². The molecule has 1 aliphatic rings. The molecule has 3 heterocycles. The van der Waals surface area contributed by atoms with Crippen LogP contribution in [0.3, 0.4) is 0 Å². The van der Waals surface area contributed by atoms with Crippen molar-refractivity contribution in [2.24, 2.45) is 0 Å². The highest BCUT2D eigenvalue weighted by atomic mass is 35.5. The molecule has 0 spiro atoms. The normalized spacial score (nSPS) is 15.4. The van der Waals surface area contributed by atoms with E-state index in [1.807, 2.05) is 12.3 Å². The van der Waals surface area contributed by atoms with E-state index >= 15 is 0 Å². The Bertz CT molecular complexity index is 552. The fraction of sp³-hybridized carbons (Fsp3) is 0.182. The van der Waals surface area contributed by atoms with Crippen LogP contribution >= 0.6 is 22.9 Å².